The highest BCUT2D eigenvalue weighted by Gasteiger charge is 2.41. The van der Waals surface area contributed by atoms with Crippen LogP contribution in [0.4, 0.5) is 0 Å². The average molecular weight is 400 g/mol. The Hall–Kier alpha value is -1.91. The van der Waals surface area contributed by atoms with Gasteiger partial charge >= 0.3 is 5.97 Å². The first kappa shape index (κ1) is 19.8. The molecule has 1 aromatic heterocycles. The van der Waals surface area contributed by atoms with Crippen molar-refractivity contribution in [1.29, 1.82) is 0 Å². The van der Waals surface area contributed by atoms with Crippen LogP contribution in [0.25, 0.3) is 0 Å². The monoisotopic (exact) mass is 400 g/mol. The topological polar surface area (TPSA) is 115 Å². The zero-order chi connectivity index (χ0) is 19.4. The van der Waals surface area contributed by atoms with Crippen LogP contribution >= 0.6 is 0 Å². The maximum Gasteiger partial charge on any atom is 0.374 e. The smallest absolute Gasteiger partial charge is 0.374 e. The molecule has 2 aliphatic heterocycles. The van der Waals surface area contributed by atoms with E-state index in [-0.39, 0.29) is 36.0 Å². The highest BCUT2D eigenvalue weighted by molar-refractivity contribution is 7.89. The summed E-state index contributed by atoms with van der Waals surface area (Å²) < 4.78 is 42.3. The molecule has 2 saturated heterocycles. The lowest BCUT2D eigenvalue weighted by Gasteiger charge is -2.27. The van der Waals surface area contributed by atoms with Crippen LogP contribution in [0.2, 0.25) is 0 Å². The fourth-order valence-electron chi connectivity index (χ4n) is 3.33. The number of carbonyl (C=O) groups is 2. The molecular weight excluding hydrogens is 376 g/mol. The van der Waals surface area contributed by atoms with Gasteiger partial charge in [-0.2, -0.15) is 4.31 Å². The Morgan fingerprint density at radius 2 is 2.11 bits per heavy atom. The SMILES string of the molecule is CCOC(=O)c1ccc(S(=O)(=O)N2CCCC2C(=O)NC2CCCOC2)o1. The van der Waals surface area contributed by atoms with Gasteiger partial charge in [0.15, 0.2) is 0 Å². The zero-order valence-electron chi connectivity index (χ0n) is 15.2. The zero-order valence-corrected chi connectivity index (χ0v) is 16.0. The van der Waals surface area contributed by atoms with Crippen LogP contribution in [-0.4, -0.2) is 63.0 Å². The molecule has 3 heterocycles. The van der Waals surface area contributed by atoms with Crippen LogP contribution in [0.15, 0.2) is 21.6 Å². The number of furan rings is 1. The summed E-state index contributed by atoms with van der Waals surface area (Å²) in [4.78, 5) is 24.3. The molecule has 1 amide bonds. The number of carbonyl (C=O) groups excluding carboxylic acids is 2. The molecule has 0 radical (unpaired) electrons. The standard InChI is InChI=1S/C17H24N2O7S/c1-2-25-17(21)14-7-8-15(26-14)27(22,23)19-9-3-6-13(19)16(20)18-12-5-4-10-24-11-12/h7-8,12-13H,2-6,9-11H2,1H3,(H,18,20). The minimum absolute atomic E-state index is 0.101. The molecule has 2 aliphatic rings. The van der Waals surface area contributed by atoms with Crippen LogP contribution in [0, 0.1) is 0 Å². The van der Waals surface area contributed by atoms with E-state index >= 15 is 0 Å². The van der Waals surface area contributed by atoms with Gasteiger partial charge in [-0.05, 0) is 44.7 Å². The van der Waals surface area contributed by atoms with E-state index in [0.717, 1.165) is 17.1 Å². The van der Waals surface area contributed by atoms with Crippen molar-refractivity contribution < 1.29 is 31.9 Å². The Bertz CT molecular complexity index is 783. The quantitative estimate of drug-likeness (QED) is 0.706. The predicted octanol–water partition coefficient (Wildman–Crippen LogP) is 0.905. The van der Waals surface area contributed by atoms with Crippen molar-refractivity contribution in [1.82, 2.24) is 9.62 Å². The number of hydrogen-bond donors (Lipinski definition) is 1. The first-order valence-corrected chi connectivity index (χ1v) is 10.5. The molecule has 1 N–H and O–H groups in total. The summed E-state index contributed by atoms with van der Waals surface area (Å²) in [5.74, 6) is -1.24. The summed E-state index contributed by atoms with van der Waals surface area (Å²) in [6.45, 7) is 3.13. The van der Waals surface area contributed by atoms with Crippen LogP contribution in [0.5, 0.6) is 0 Å². The Morgan fingerprint density at radius 3 is 2.81 bits per heavy atom. The predicted molar refractivity (Wildman–Crippen MR) is 93.6 cm³/mol. The molecule has 0 saturated carbocycles. The summed E-state index contributed by atoms with van der Waals surface area (Å²) in [6.07, 6.45) is 2.68. The van der Waals surface area contributed by atoms with Crippen LogP contribution in [0.3, 0.4) is 0 Å². The van der Waals surface area contributed by atoms with E-state index in [0.29, 0.717) is 26.1 Å². The van der Waals surface area contributed by atoms with Gasteiger partial charge in [0, 0.05) is 13.2 Å². The van der Waals surface area contributed by atoms with E-state index in [1.165, 1.54) is 12.1 Å². The van der Waals surface area contributed by atoms with Gasteiger partial charge in [-0.15, -0.1) is 0 Å². The average Bonchev–Trinajstić information content (AvgIpc) is 3.33. The number of nitrogens with one attached hydrogen (secondary N) is 1. The van der Waals surface area contributed by atoms with Gasteiger partial charge in [-0.1, -0.05) is 0 Å². The van der Waals surface area contributed by atoms with E-state index in [4.69, 9.17) is 13.9 Å². The van der Waals surface area contributed by atoms with E-state index in [1.54, 1.807) is 6.92 Å². The van der Waals surface area contributed by atoms with Gasteiger partial charge in [-0.3, -0.25) is 4.79 Å². The third-order valence-corrected chi connectivity index (χ3v) is 6.42. The fourth-order valence-corrected chi connectivity index (χ4v) is 4.90. The number of esters is 1. The first-order valence-electron chi connectivity index (χ1n) is 9.10. The molecule has 2 atom stereocenters. The Balaban J connectivity index is 1.73. The molecule has 150 valence electrons. The van der Waals surface area contributed by atoms with E-state index in [9.17, 15) is 18.0 Å². The summed E-state index contributed by atoms with van der Waals surface area (Å²) in [7, 11) is -4.03. The molecule has 0 bridgehead atoms. The Morgan fingerprint density at radius 1 is 1.30 bits per heavy atom. The number of amides is 1. The first-order chi connectivity index (χ1) is 12.9. The highest BCUT2D eigenvalue weighted by atomic mass is 32.2. The van der Waals surface area contributed by atoms with Gasteiger partial charge in [0.2, 0.25) is 16.8 Å². The lowest BCUT2D eigenvalue weighted by atomic mass is 10.1. The van der Waals surface area contributed by atoms with Crippen LogP contribution in [-0.2, 0) is 24.3 Å². The second-order valence-electron chi connectivity index (χ2n) is 6.54. The molecule has 10 heteroatoms. The van der Waals surface area contributed by atoms with E-state index < -0.39 is 22.0 Å². The molecule has 0 aliphatic carbocycles. The Kier molecular flexibility index (Phi) is 6.18. The normalized spacial score (nSPS) is 23.9. The van der Waals surface area contributed by atoms with Gasteiger partial charge in [-0.25, -0.2) is 13.2 Å². The number of ether oxygens (including phenoxy) is 2. The van der Waals surface area contributed by atoms with Gasteiger partial charge in [0.05, 0.1) is 19.3 Å². The Labute approximate surface area is 158 Å². The van der Waals surface area contributed by atoms with Gasteiger partial charge < -0.3 is 19.2 Å². The number of sulfonamides is 1. The van der Waals surface area contributed by atoms with Gasteiger partial charge in [0.1, 0.15) is 6.04 Å². The summed E-state index contributed by atoms with van der Waals surface area (Å²) in [6, 6.07) is 1.57. The molecule has 0 spiro atoms. The van der Waals surface area contributed by atoms with Crippen molar-refractivity contribution in [2.24, 2.45) is 0 Å². The molecule has 27 heavy (non-hydrogen) atoms. The maximum absolute atomic E-state index is 12.9. The number of hydrogen-bond acceptors (Lipinski definition) is 7. The second kappa shape index (κ2) is 8.41. The lowest BCUT2D eigenvalue weighted by molar-refractivity contribution is -0.125. The van der Waals surface area contributed by atoms with Crippen molar-refractivity contribution in [2.45, 2.75) is 49.8 Å². The minimum atomic E-state index is -4.03. The fraction of sp³-hybridized carbons (Fsp3) is 0.647. The molecule has 2 unspecified atom stereocenters. The molecule has 3 rings (SSSR count). The third kappa shape index (κ3) is 4.33. The molecule has 1 aromatic rings. The maximum atomic E-state index is 12.9. The minimum Gasteiger partial charge on any atom is -0.460 e. The summed E-state index contributed by atoms with van der Waals surface area (Å²) in [5, 5.41) is 2.51. The van der Waals surface area contributed by atoms with Crippen molar-refractivity contribution in [3.05, 3.63) is 17.9 Å². The van der Waals surface area contributed by atoms with Crippen molar-refractivity contribution in [3.8, 4) is 0 Å². The lowest BCUT2D eigenvalue weighted by Crippen LogP contribution is -2.50. The van der Waals surface area contributed by atoms with Crippen molar-refractivity contribution >= 4 is 21.9 Å². The second-order valence-corrected chi connectivity index (χ2v) is 8.36. The summed E-state index contributed by atoms with van der Waals surface area (Å²) >= 11 is 0. The molecule has 0 aromatic carbocycles. The van der Waals surface area contributed by atoms with E-state index in [2.05, 4.69) is 5.32 Å². The van der Waals surface area contributed by atoms with E-state index in [1.807, 2.05) is 0 Å². The van der Waals surface area contributed by atoms with Crippen molar-refractivity contribution in [2.75, 3.05) is 26.4 Å². The van der Waals surface area contributed by atoms with Crippen molar-refractivity contribution in [3.63, 3.8) is 0 Å². The largest absolute Gasteiger partial charge is 0.460 e. The van der Waals surface area contributed by atoms with Gasteiger partial charge in [0.25, 0.3) is 10.0 Å². The molecule has 9 nitrogen and oxygen atoms in total. The highest BCUT2D eigenvalue weighted by Crippen LogP contribution is 2.28. The van der Waals surface area contributed by atoms with Crippen LogP contribution in [0.1, 0.15) is 43.2 Å². The summed E-state index contributed by atoms with van der Waals surface area (Å²) in [5.41, 5.74) is 0. The molecular formula is C17H24N2O7S. The number of nitrogens with zero attached hydrogens (tertiary/aromatic N) is 1. The van der Waals surface area contributed by atoms with Crippen LogP contribution < -0.4 is 5.32 Å². The molecule has 2 fully saturated rings. The third-order valence-electron chi connectivity index (χ3n) is 4.63. The number of rotatable bonds is 6.